The predicted octanol–water partition coefficient (Wildman–Crippen LogP) is 4.66. The Morgan fingerprint density at radius 2 is 1.76 bits per heavy atom. The van der Waals surface area contributed by atoms with Crippen LogP contribution in [0.25, 0.3) is 22.2 Å². The van der Waals surface area contributed by atoms with E-state index in [1.807, 2.05) is 24.3 Å². The second-order valence-electron chi connectivity index (χ2n) is 7.26. The van der Waals surface area contributed by atoms with Gasteiger partial charge in [0, 0.05) is 10.7 Å². The third-order valence-electron chi connectivity index (χ3n) is 5.00. The average Bonchev–Trinajstić information content (AvgIpc) is 3.08. The summed E-state index contributed by atoms with van der Waals surface area (Å²) in [6.07, 6.45) is 1.52. The largest absolute Gasteiger partial charge is 0.508 e. The van der Waals surface area contributed by atoms with Gasteiger partial charge in [-0.2, -0.15) is 9.78 Å². The zero-order valence-corrected chi connectivity index (χ0v) is 17.9. The molecule has 0 atom stereocenters. The number of phenolic OH excluding ortho intramolecular Hbond substituents is 1. The number of rotatable bonds is 4. The monoisotopic (exact) mass is 456 g/mol. The number of anilines is 2. The van der Waals surface area contributed by atoms with Crippen molar-refractivity contribution in [3.05, 3.63) is 88.9 Å². The van der Waals surface area contributed by atoms with Crippen LogP contribution >= 0.6 is 11.6 Å². The van der Waals surface area contributed by atoms with Crippen LogP contribution in [-0.2, 0) is 0 Å². The van der Waals surface area contributed by atoms with Gasteiger partial charge in [-0.25, -0.2) is 9.97 Å². The van der Waals surface area contributed by atoms with E-state index in [9.17, 15) is 9.90 Å². The van der Waals surface area contributed by atoms with Gasteiger partial charge in [0.25, 0.3) is 5.91 Å². The summed E-state index contributed by atoms with van der Waals surface area (Å²) in [7, 11) is 0. The zero-order valence-electron chi connectivity index (χ0n) is 17.1. The second-order valence-corrected chi connectivity index (χ2v) is 7.69. The third-order valence-corrected chi connectivity index (χ3v) is 5.25. The number of nitrogens with one attached hydrogen (secondary N) is 1. The smallest absolute Gasteiger partial charge is 0.261 e. The number of hydrogen-bond donors (Lipinski definition) is 3. The fourth-order valence-corrected chi connectivity index (χ4v) is 3.57. The molecule has 0 aliphatic rings. The van der Waals surface area contributed by atoms with Crippen LogP contribution in [-0.4, -0.2) is 31.9 Å². The molecule has 0 saturated carbocycles. The number of carbonyl (C=O) groups excluding carboxylic acids is 1. The van der Waals surface area contributed by atoms with Gasteiger partial charge in [0.2, 0.25) is 0 Å². The van der Waals surface area contributed by atoms with Gasteiger partial charge >= 0.3 is 0 Å². The van der Waals surface area contributed by atoms with E-state index >= 15 is 0 Å². The number of phenols is 1. The van der Waals surface area contributed by atoms with Gasteiger partial charge in [-0.15, -0.1) is 0 Å². The normalized spacial score (nSPS) is 11.4. The number of fused-ring (bicyclic) bond motifs is 2. The van der Waals surface area contributed by atoms with Crippen LogP contribution in [0.4, 0.5) is 11.5 Å². The molecule has 3 aromatic carbocycles. The first-order valence-corrected chi connectivity index (χ1v) is 10.3. The summed E-state index contributed by atoms with van der Waals surface area (Å²) in [6, 6.07) is 20.7. The Morgan fingerprint density at radius 3 is 2.48 bits per heavy atom. The molecule has 2 heterocycles. The van der Waals surface area contributed by atoms with E-state index < -0.39 is 5.91 Å². The lowest BCUT2D eigenvalue weighted by atomic mass is 10.2. The summed E-state index contributed by atoms with van der Waals surface area (Å²) in [5.41, 5.74) is 9.68. The third kappa shape index (κ3) is 3.95. The quantitative estimate of drug-likeness (QED) is 0.340. The van der Waals surface area contributed by atoms with E-state index in [2.05, 4.69) is 20.4 Å². The lowest BCUT2D eigenvalue weighted by Crippen LogP contribution is -2.14. The minimum atomic E-state index is -0.448. The SMILES string of the molecule is Nc1c(C(=O)Nc2ccc(Cl)cc2)c2nc3ccccc3nc2n1/N=C\c1cccc(O)c1. The van der Waals surface area contributed by atoms with Crippen LogP contribution in [0.1, 0.15) is 15.9 Å². The first-order chi connectivity index (χ1) is 16.0. The fraction of sp³-hybridized carbons (Fsp3) is 0. The van der Waals surface area contributed by atoms with Crippen molar-refractivity contribution in [1.29, 1.82) is 0 Å². The van der Waals surface area contributed by atoms with E-state index in [-0.39, 0.29) is 17.1 Å². The Kier molecular flexibility index (Phi) is 5.12. The number of nitrogens with zero attached hydrogens (tertiary/aromatic N) is 4. The van der Waals surface area contributed by atoms with Crippen molar-refractivity contribution in [3.63, 3.8) is 0 Å². The predicted molar refractivity (Wildman–Crippen MR) is 130 cm³/mol. The molecule has 9 heteroatoms. The summed E-state index contributed by atoms with van der Waals surface area (Å²) in [6.45, 7) is 0. The molecule has 162 valence electrons. The van der Waals surface area contributed by atoms with E-state index in [1.54, 1.807) is 48.5 Å². The molecule has 0 unspecified atom stereocenters. The van der Waals surface area contributed by atoms with Crippen LogP contribution in [0.15, 0.2) is 77.9 Å². The van der Waals surface area contributed by atoms with Crippen molar-refractivity contribution in [2.75, 3.05) is 11.1 Å². The minimum Gasteiger partial charge on any atom is -0.508 e. The van der Waals surface area contributed by atoms with Gasteiger partial charge in [0.15, 0.2) is 5.65 Å². The molecule has 8 nitrogen and oxygen atoms in total. The number of para-hydroxylation sites is 2. The molecular formula is C24H17ClN6O2. The molecule has 0 aliphatic carbocycles. The Balaban J connectivity index is 1.66. The Morgan fingerprint density at radius 1 is 1.03 bits per heavy atom. The molecule has 0 spiro atoms. The van der Waals surface area contributed by atoms with Gasteiger partial charge < -0.3 is 16.2 Å². The summed E-state index contributed by atoms with van der Waals surface area (Å²) < 4.78 is 1.37. The van der Waals surface area contributed by atoms with Gasteiger partial charge in [-0.05, 0) is 54.1 Å². The Bertz CT molecular complexity index is 1540. The molecule has 5 aromatic rings. The first kappa shape index (κ1) is 20.5. The number of nitrogen functional groups attached to an aromatic ring is 1. The zero-order chi connectivity index (χ0) is 22.9. The fourth-order valence-electron chi connectivity index (χ4n) is 3.44. The highest BCUT2D eigenvalue weighted by Gasteiger charge is 2.24. The molecule has 4 N–H and O–H groups in total. The maximum atomic E-state index is 13.2. The van der Waals surface area contributed by atoms with Gasteiger partial charge in [0.1, 0.15) is 22.6 Å². The lowest BCUT2D eigenvalue weighted by Gasteiger charge is -2.05. The van der Waals surface area contributed by atoms with Gasteiger partial charge in [-0.3, -0.25) is 4.79 Å². The van der Waals surface area contributed by atoms with Crippen LogP contribution in [0, 0.1) is 0 Å². The van der Waals surface area contributed by atoms with Gasteiger partial charge in [0.05, 0.1) is 17.2 Å². The molecular weight excluding hydrogens is 440 g/mol. The molecule has 0 bridgehead atoms. The number of aromatic hydroxyl groups is 1. The number of halogens is 1. The topological polar surface area (TPSA) is 118 Å². The van der Waals surface area contributed by atoms with Crippen molar-refractivity contribution in [2.24, 2.45) is 5.10 Å². The van der Waals surface area contributed by atoms with E-state index in [0.29, 0.717) is 38.5 Å². The molecule has 33 heavy (non-hydrogen) atoms. The van der Waals surface area contributed by atoms with Crippen molar-refractivity contribution in [1.82, 2.24) is 14.6 Å². The molecule has 1 amide bonds. The van der Waals surface area contributed by atoms with Crippen molar-refractivity contribution >= 4 is 57.4 Å². The molecule has 0 aliphatic heterocycles. The number of hydrogen-bond acceptors (Lipinski definition) is 6. The average molecular weight is 457 g/mol. The highest BCUT2D eigenvalue weighted by molar-refractivity contribution is 6.30. The highest BCUT2D eigenvalue weighted by Crippen LogP contribution is 2.29. The van der Waals surface area contributed by atoms with Crippen LogP contribution in [0.3, 0.4) is 0 Å². The van der Waals surface area contributed by atoms with Crippen LogP contribution in [0.5, 0.6) is 5.75 Å². The summed E-state index contributed by atoms with van der Waals surface area (Å²) in [5.74, 6) is -0.253. The molecule has 0 fully saturated rings. The van der Waals surface area contributed by atoms with E-state index in [1.165, 1.54) is 10.9 Å². The highest BCUT2D eigenvalue weighted by atomic mass is 35.5. The Labute approximate surface area is 193 Å². The number of benzene rings is 3. The minimum absolute atomic E-state index is 0.0863. The standard InChI is InChI=1S/C24H17ClN6O2/c25-15-8-10-16(11-9-15)28-24(33)20-21-23(30-19-7-2-1-6-18(19)29-21)31(22(20)26)27-13-14-4-3-5-17(32)12-14/h1-13,32H,26H2,(H,28,33)/b27-13-. The first-order valence-electron chi connectivity index (χ1n) is 9.96. The van der Waals surface area contributed by atoms with Gasteiger partial charge in [-0.1, -0.05) is 35.9 Å². The molecule has 0 radical (unpaired) electrons. The Hall–Kier alpha value is -4.43. The molecule has 0 saturated heterocycles. The maximum Gasteiger partial charge on any atom is 0.261 e. The number of nitrogens with two attached hydrogens (primary N) is 1. The summed E-state index contributed by atoms with van der Waals surface area (Å²) in [5, 5.41) is 17.5. The molecule has 5 rings (SSSR count). The molecule has 2 aromatic heterocycles. The maximum absolute atomic E-state index is 13.2. The second kappa shape index (κ2) is 8.25. The number of amides is 1. The van der Waals surface area contributed by atoms with Crippen molar-refractivity contribution in [3.8, 4) is 5.75 Å². The summed E-state index contributed by atoms with van der Waals surface area (Å²) in [4.78, 5) is 22.5. The van der Waals surface area contributed by atoms with Crippen LogP contribution in [0.2, 0.25) is 5.02 Å². The van der Waals surface area contributed by atoms with Crippen molar-refractivity contribution < 1.29 is 9.90 Å². The lowest BCUT2D eigenvalue weighted by molar-refractivity contribution is 0.102. The van der Waals surface area contributed by atoms with Crippen molar-refractivity contribution in [2.45, 2.75) is 0 Å². The van der Waals surface area contributed by atoms with Crippen LogP contribution < -0.4 is 11.1 Å². The van der Waals surface area contributed by atoms with E-state index in [4.69, 9.17) is 17.3 Å². The van der Waals surface area contributed by atoms with E-state index in [0.717, 1.165) is 0 Å². The number of aromatic nitrogens is 3. The number of carbonyl (C=O) groups is 1. The summed E-state index contributed by atoms with van der Waals surface area (Å²) >= 11 is 5.94.